The second kappa shape index (κ2) is 7.66. The van der Waals surface area contributed by atoms with Crippen molar-refractivity contribution in [2.24, 2.45) is 0 Å². The monoisotopic (exact) mass is 255 g/mol. The van der Waals surface area contributed by atoms with Crippen LogP contribution in [0.15, 0.2) is 25.3 Å². The highest BCUT2D eigenvalue weighted by atomic mass is 16.5. The third-order valence-electron chi connectivity index (χ3n) is 1.82. The van der Waals surface area contributed by atoms with Gasteiger partial charge in [-0.3, -0.25) is 0 Å². The second-order valence-electron chi connectivity index (χ2n) is 4.76. The van der Waals surface area contributed by atoms with Crippen molar-refractivity contribution in [3.8, 4) is 0 Å². The van der Waals surface area contributed by atoms with Gasteiger partial charge in [0.2, 0.25) is 0 Å². The molecule has 102 valence electrons. The molecule has 0 saturated carbocycles. The minimum absolute atomic E-state index is 0.104. The van der Waals surface area contributed by atoms with Crippen LogP contribution in [0, 0.1) is 0 Å². The Bertz CT molecular complexity index is 293. The van der Waals surface area contributed by atoms with E-state index < -0.39 is 11.9 Å². The molecular weight excluding hydrogens is 234 g/mol. The molecule has 0 unspecified atom stereocenters. The van der Waals surface area contributed by atoms with E-state index >= 15 is 0 Å². The van der Waals surface area contributed by atoms with Crippen molar-refractivity contribution in [2.75, 3.05) is 13.2 Å². The van der Waals surface area contributed by atoms with Crippen LogP contribution in [0.5, 0.6) is 0 Å². The van der Waals surface area contributed by atoms with Gasteiger partial charge >= 0.3 is 11.9 Å². The van der Waals surface area contributed by atoms with E-state index in [1.807, 2.05) is 20.8 Å². The highest BCUT2D eigenvalue weighted by molar-refractivity contribution is 5.81. The van der Waals surface area contributed by atoms with E-state index in [2.05, 4.69) is 18.5 Å². The fourth-order valence-corrected chi connectivity index (χ4v) is 1.23. The van der Waals surface area contributed by atoms with Gasteiger partial charge in [-0.25, -0.2) is 9.59 Å². The van der Waals surface area contributed by atoms with Crippen molar-refractivity contribution in [3.63, 3.8) is 0 Å². The van der Waals surface area contributed by atoms with Gasteiger partial charge in [0, 0.05) is 17.7 Å². The maximum Gasteiger partial charge on any atom is 0.330 e. The first-order chi connectivity index (χ1) is 8.28. The summed E-state index contributed by atoms with van der Waals surface area (Å²) in [5.74, 6) is -1.02. The van der Waals surface area contributed by atoms with Gasteiger partial charge in [0.1, 0.15) is 13.2 Å². The molecule has 0 atom stereocenters. The highest BCUT2D eigenvalue weighted by Gasteiger charge is 2.19. The molecule has 0 saturated heterocycles. The van der Waals surface area contributed by atoms with E-state index in [0.29, 0.717) is 0 Å². The molecule has 5 nitrogen and oxygen atoms in total. The molecule has 0 bridgehead atoms. The van der Waals surface area contributed by atoms with Crippen molar-refractivity contribution < 1.29 is 19.1 Å². The van der Waals surface area contributed by atoms with Gasteiger partial charge in [0.05, 0.1) is 6.04 Å². The summed E-state index contributed by atoms with van der Waals surface area (Å²) in [6.45, 7) is 12.7. The molecule has 0 aromatic carbocycles. The maximum atomic E-state index is 11.0. The molecule has 0 amide bonds. The van der Waals surface area contributed by atoms with Gasteiger partial charge < -0.3 is 14.8 Å². The molecule has 0 aromatic heterocycles. The summed E-state index contributed by atoms with van der Waals surface area (Å²) in [6.07, 6.45) is 2.17. The normalized spacial score (nSPS) is 10.9. The number of esters is 2. The molecule has 0 heterocycles. The average Bonchev–Trinajstić information content (AvgIpc) is 2.29. The molecule has 1 N–H and O–H groups in total. The van der Waals surface area contributed by atoms with Gasteiger partial charge in [-0.2, -0.15) is 0 Å². The number of rotatable bonds is 7. The fraction of sp³-hybridized carbons (Fsp3) is 0.538. The van der Waals surface area contributed by atoms with E-state index in [4.69, 9.17) is 9.47 Å². The standard InChI is InChI=1S/C13H21NO4/c1-6-11(15)17-8-10(14-13(3,4)5)9-18-12(16)7-2/h6-7,10,14H,1-2,8-9H2,3-5H3. The van der Waals surface area contributed by atoms with Crippen LogP contribution in [-0.2, 0) is 19.1 Å². The summed E-state index contributed by atoms with van der Waals surface area (Å²) in [7, 11) is 0. The minimum Gasteiger partial charge on any atom is -0.461 e. The Morgan fingerprint density at radius 3 is 1.78 bits per heavy atom. The number of hydrogen-bond acceptors (Lipinski definition) is 5. The number of nitrogens with one attached hydrogen (secondary N) is 1. The lowest BCUT2D eigenvalue weighted by atomic mass is 10.1. The second-order valence-corrected chi connectivity index (χ2v) is 4.76. The third-order valence-corrected chi connectivity index (χ3v) is 1.82. The minimum atomic E-state index is -0.509. The van der Waals surface area contributed by atoms with Crippen LogP contribution < -0.4 is 5.32 Å². The van der Waals surface area contributed by atoms with Gasteiger partial charge in [0.25, 0.3) is 0 Å². The predicted octanol–water partition coefficient (Wildman–Crippen LogP) is 1.20. The van der Waals surface area contributed by atoms with Crippen LogP contribution in [-0.4, -0.2) is 36.7 Å². The zero-order valence-electron chi connectivity index (χ0n) is 11.2. The summed E-state index contributed by atoms with van der Waals surface area (Å²) in [4.78, 5) is 22.0. The summed E-state index contributed by atoms with van der Waals surface area (Å²) >= 11 is 0. The van der Waals surface area contributed by atoms with E-state index in [1.54, 1.807) is 0 Å². The average molecular weight is 255 g/mol. The first-order valence-electron chi connectivity index (χ1n) is 5.64. The van der Waals surface area contributed by atoms with Gasteiger partial charge in [-0.1, -0.05) is 13.2 Å². The predicted molar refractivity (Wildman–Crippen MR) is 69.0 cm³/mol. The van der Waals surface area contributed by atoms with E-state index in [-0.39, 0.29) is 24.8 Å². The number of carbonyl (C=O) groups is 2. The first kappa shape index (κ1) is 16.4. The van der Waals surface area contributed by atoms with Crippen LogP contribution in [0.2, 0.25) is 0 Å². The van der Waals surface area contributed by atoms with Gasteiger partial charge in [-0.05, 0) is 20.8 Å². The molecule has 0 aromatic rings. The highest BCUT2D eigenvalue weighted by Crippen LogP contribution is 2.03. The molecule has 0 fully saturated rings. The van der Waals surface area contributed by atoms with E-state index in [9.17, 15) is 9.59 Å². The van der Waals surface area contributed by atoms with E-state index in [1.165, 1.54) is 0 Å². The van der Waals surface area contributed by atoms with Crippen LogP contribution in [0.4, 0.5) is 0 Å². The summed E-state index contributed by atoms with van der Waals surface area (Å²) in [6, 6.07) is -0.280. The lowest BCUT2D eigenvalue weighted by molar-refractivity contribution is -0.141. The Morgan fingerprint density at radius 1 is 1.11 bits per heavy atom. The quantitative estimate of drug-likeness (QED) is 0.547. The first-order valence-corrected chi connectivity index (χ1v) is 5.64. The molecule has 0 rings (SSSR count). The van der Waals surface area contributed by atoms with Crippen LogP contribution in [0.25, 0.3) is 0 Å². The zero-order valence-corrected chi connectivity index (χ0v) is 11.2. The molecule has 5 heteroatoms. The van der Waals surface area contributed by atoms with Crippen LogP contribution in [0.3, 0.4) is 0 Å². The van der Waals surface area contributed by atoms with Crippen molar-refractivity contribution in [1.29, 1.82) is 0 Å². The third kappa shape index (κ3) is 8.52. The van der Waals surface area contributed by atoms with E-state index in [0.717, 1.165) is 12.2 Å². The molecule has 0 aliphatic carbocycles. The smallest absolute Gasteiger partial charge is 0.330 e. The maximum absolute atomic E-state index is 11.0. The molecule has 0 spiro atoms. The molecule has 18 heavy (non-hydrogen) atoms. The Morgan fingerprint density at radius 2 is 1.50 bits per heavy atom. The van der Waals surface area contributed by atoms with Gasteiger partial charge in [0.15, 0.2) is 0 Å². The molecule has 0 aliphatic rings. The van der Waals surface area contributed by atoms with Gasteiger partial charge in [-0.15, -0.1) is 0 Å². The molecule has 0 radical (unpaired) electrons. The Balaban J connectivity index is 4.32. The van der Waals surface area contributed by atoms with Crippen LogP contribution in [0.1, 0.15) is 20.8 Å². The summed E-state index contributed by atoms with van der Waals surface area (Å²) < 4.78 is 9.86. The number of ether oxygens (including phenoxy) is 2. The number of hydrogen-bond donors (Lipinski definition) is 1. The van der Waals surface area contributed by atoms with Crippen molar-refractivity contribution >= 4 is 11.9 Å². The Hall–Kier alpha value is -1.62. The molecule has 0 aliphatic heterocycles. The number of carbonyl (C=O) groups excluding carboxylic acids is 2. The zero-order chi connectivity index (χ0) is 14.2. The SMILES string of the molecule is C=CC(=O)OCC(COC(=O)C=C)NC(C)(C)C. The van der Waals surface area contributed by atoms with Crippen molar-refractivity contribution in [1.82, 2.24) is 5.32 Å². The summed E-state index contributed by atoms with van der Waals surface area (Å²) in [5, 5.41) is 3.19. The summed E-state index contributed by atoms with van der Waals surface area (Å²) in [5.41, 5.74) is -0.189. The van der Waals surface area contributed by atoms with Crippen LogP contribution >= 0.6 is 0 Å². The largest absolute Gasteiger partial charge is 0.461 e. The fourth-order valence-electron chi connectivity index (χ4n) is 1.23. The lowest BCUT2D eigenvalue weighted by Gasteiger charge is -2.27. The Labute approximate surface area is 108 Å². The Kier molecular flexibility index (Phi) is 6.97. The van der Waals surface area contributed by atoms with Crippen molar-refractivity contribution in [2.45, 2.75) is 32.4 Å². The molecular formula is C13H21NO4. The topological polar surface area (TPSA) is 64.6 Å². The van der Waals surface area contributed by atoms with Crippen molar-refractivity contribution in [3.05, 3.63) is 25.3 Å². The lowest BCUT2D eigenvalue weighted by Crippen LogP contribution is -2.48.